The van der Waals surface area contributed by atoms with E-state index in [1.165, 1.54) is 0 Å². The Bertz CT molecular complexity index is 138. The molecule has 0 bridgehead atoms. The van der Waals surface area contributed by atoms with Crippen LogP contribution >= 0.6 is 0 Å². The minimum absolute atomic E-state index is 0. The van der Waals surface area contributed by atoms with Gasteiger partial charge in [-0.05, 0) is 12.1 Å². The molecule has 0 aliphatic carbocycles. The average Bonchev–Trinajstić information content (AvgIpc) is 1.69. The third-order valence-electron chi connectivity index (χ3n) is 0.800. The van der Waals surface area contributed by atoms with Crippen molar-refractivity contribution in [2.75, 3.05) is 5.73 Å². The normalized spacial score (nSPS) is 7.50. The van der Waals surface area contributed by atoms with Crippen molar-refractivity contribution in [3.63, 3.8) is 0 Å². The predicted molar refractivity (Wildman–Crippen MR) is 30.9 cm³/mol. The van der Waals surface area contributed by atoms with Crippen LogP contribution < -0.4 is 5.73 Å². The van der Waals surface area contributed by atoms with Gasteiger partial charge >= 0.3 is 0 Å². The topological polar surface area (TPSA) is 26.0 Å². The van der Waals surface area contributed by atoms with Gasteiger partial charge in [0.05, 0.1) is 0 Å². The first-order valence-electron chi connectivity index (χ1n) is 2.20. The number of hydrogen-bond acceptors (Lipinski definition) is 1. The summed E-state index contributed by atoms with van der Waals surface area (Å²) in [5.41, 5.74) is 6.18. The quantitative estimate of drug-likeness (QED) is 0.604. The largest absolute Gasteiger partial charge is 0.399 e. The molecular weight excluding hydrogens is 177 g/mol. The number of rotatable bonds is 0. The summed E-state index contributed by atoms with van der Waals surface area (Å²) in [5, 5.41) is 0. The zero-order valence-electron chi connectivity index (χ0n) is 4.46. The molecule has 0 heterocycles. The summed E-state index contributed by atoms with van der Waals surface area (Å²) >= 11 is 0. The summed E-state index contributed by atoms with van der Waals surface area (Å²) in [5.74, 6) is 0. The van der Waals surface area contributed by atoms with Gasteiger partial charge < -0.3 is 5.73 Å². The van der Waals surface area contributed by atoms with E-state index >= 15 is 0 Å². The molecule has 40 valence electrons. The zero-order valence-corrected chi connectivity index (χ0v) is 6.92. The number of benzene rings is 1. The first-order valence-corrected chi connectivity index (χ1v) is 2.20. The van der Waals surface area contributed by atoms with Crippen LogP contribution in [0.25, 0.3) is 0 Å². The van der Waals surface area contributed by atoms with Crippen LogP contribution in [-0.4, -0.2) is 0 Å². The van der Waals surface area contributed by atoms with E-state index in [0.29, 0.717) is 0 Å². The molecule has 0 saturated heterocycles. The van der Waals surface area contributed by atoms with Crippen molar-refractivity contribution >= 4 is 5.69 Å². The molecule has 8 heavy (non-hydrogen) atoms. The number of nitrogen functional groups attached to an aromatic ring is 1. The Morgan fingerprint density at radius 1 is 1.00 bits per heavy atom. The molecular formula is C6H7NZr. The molecule has 0 aliphatic heterocycles. The van der Waals surface area contributed by atoms with E-state index in [2.05, 4.69) is 0 Å². The molecule has 1 aromatic carbocycles. The van der Waals surface area contributed by atoms with E-state index in [1.54, 1.807) is 0 Å². The van der Waals surface area contributed by atoms with Crippen molar-refractivity contribution in [2.24, 2.45) is 0 Å². The van der Waals surface area contributed by atoms with Gasteiger partial charge in [0, 0.05) is 31.9 Å². The van der Waals surface area contributed by atoms with Crippen LogP contribution in [-0.2, 0) is 26.2 Å². The number of hydrogen-bond donors (Lipinski definition) is 1. The summed E-state index contributed by atoms with van der Waals surface area (Å²) in [6.45, 7) is 0. The zero-order chi connectivity index (χ0) is 5.11. The minimum Gasteiger partial charge on any atom is -0.399 e. The molecule has 0 amide bonds. The van der Waals surface area contributed by atoms with Gasteiger partial charge in [0.15, 0.2) is 0 Å². The van der Waals surface area contributed by atoms with Crippen molar-refractivity contribution in [1.82, 2.24) is 0 Å². The maximum atomic E-state index is 5.36. The molecule has 0 aliphatic rings. The van der Waals surface area contributed by atoms with Crippen molar-refractivity contribution in [1.29, 1.82) is 0 Å². The average molecular weight is 184 g/mol. The van der Waals surface area contributed by atoms with Crippen molar-refractivity contribution < 1.29 is 26.2 Å². The van der Waals surface area contributed by atoms with Gasteiger partial charge in [0.2, 0.25) is 0 Å². The van der Waals surface area contributed by atoms with Crippen LogP contribution in [0.4, 0.5) is 5.69 Å². The predicted octanol–water partition coefficient (Wildman–Crippen LogP) is 1.27. The van der Waals surface area contributed by atoms with Crippen molar-refractivity contribution in [2.45, 2.75) is 0 Å². The molecule has 0 radical (unpaired) electrons. The third kappa shape index (κ3) is 2.27. The van der Waals surface area contributed by atoms with Crippen LogP contribution in [0.15, 0.2) is 30.3 Å². The Kier molecular flexibility index (Phi) is 3.80. The number of nitrogens with two attached hydrogens (primary N) is 1. The van der Waals surface area contributed by atoms with E-state index in [9.17, 15) is 0 Å². The molecule has 2 N–H and O–H groups in total. The molecule has 0 atom stereocenters. The first kappa shape index (κ1) is 7.90. The van der Waals surface area contributed by atoms with Gasteiger partial charge in [-0.15, -0.1) is 0 Å². The van der Waals surface area contributed by atoms with Crippen molar-refractivity contribution in [3.05, 3.63) is 30.3 Å². The Balaban J connectivity index is 0.000000490. The summed E-state index contributed by atoms with van der Waals surface area (Å²) in [6, 6.07) is 9.49. The molecule has 0 fully saturated rings. The van der Waals surface area contributed by atoms with Gasteiger partial charge in [-0.25, -0.2) is 0 Å². The Hall–Kier alpha value is -0.0969. The van der Waals surface area contributed by atoms with Crippen LogP contribution in [0.5, 0.6) is 0 Å². The van der Waals surface area contributed by atoms with E-state index in [4.69, 9.17) is 5.73 Å². The van der Waals surface area contributed by atoms with E-state index < -0.39 is 0 Å². The summed E-state index contributed by atoms with van der Waals surface area (Å²) in [7, 11) is 0. The molecule has 0 spiro atoms. The van der Waals surface area contributed by atoms with E-state index in [0.717, 1.165) is 5.69 Å². The molecule has 0 aromatic heterocycles. The Morgan fingerprint density at radius 2 is 1.50 bits per heavy atom. The van der Waals surface area contributed by atoms with Gasteiger partial charge in [0.1, 0.15) is 0 Å². The summed E-state index contributed by atoms with van der Waals surface area (Å²) in [4.78, 5) is 0. The second kappa shape index (κ2) is 3.85. The summed E-state index contributed by atoms with van der Waals surface area (Å²) < 4.78 is 0. The fraction of sp³-hybridized carbons (Fsp3) is 0. The van der Waals surface area contributed by atoms with Gasteiger partial charge in [-0.3, -0.25) is 0 Å². The standard InChI is InChI=1S/C6H7N.Zr/c7-6-4-2-1-3-5-6;/h1-5H,7H2;. The number of para-hydroxylation sites is 1. The Morgan fingerprint density at radius 3 is 1.75 bits per heavy atom. The number of anilines is 1. The molecule has 1 aromatic rings. The fourth-order valence-electron chi connectivity index (χ4n) is 0.453. The Labute approximate surface area is 68.0 Å². The van der Waals surface area contributed by atoms with E-state index in [1.807, 2.05) is 30.3 Å². The maximum Gasteiger partial charge on any atom is 0.0313 e. The second-order valence-corrected chi connectivity index (χ2v) is 1.41. The van der Waals surface area contributed by atoms with Crippen LogP contribution in [0.3, 0.4) is 0 Å². The van der Waals surface area contributed by atoms with Crippen LogP contribution in [0.1, 0.15) is 0 Å². The molecule has 0 unspecified atom stereocenters. The van der Waals surface area contributed by atoms with Gasteiger partial charge in [-0.2, -0.15) is 0 Å². The molecule has 1 nitrogen and oxygen atoms in total. The summed E-state index contributed by atoms with van der Waals surface area (Å²) in [6.07, 6.45) is 0. The van der Waals surface area contributed by atoms with Gasteiger partial charge in [-0.1, -0.05) is 18.2 Å². The first-order chi connectivity index (χ1) is 3.39. The second-order valence-electron chi connectivity index (χ2n) is 1.41. The van der Waals surface area contributed by atoms with E-state index in [-0.39, 0.29) is 26.2 Å². The van der Waals surface area contributed by atoms with Crippen LogP contribution in [0, 0.1) is 0 Å². The van der Waals surface area contributed by atoms with Crippen LogP contribution in [0.2, 0.25) is 0 Å². The monoisotopic (exact) mass is 183 g/mol. The van der Waals surface area contributed by atoms with Gasteiger partial charge in [0.25, 0.3) is 0 Å². The SMILES string of the molecule is Nc1ccccc1.[Zr]. The molecule has 2 heteroatoms. The maximum absolute atomic E-state index is 5.36. The smallest absolute Gasteiger partial charge is 0.0313 e. The molecule has 1 rings (SSSR count). The molecule has 0 saturated carbocycles. The minimum atomic E-state index is 0. The fourth-order valence-corrected chi connectivity index (χ4v) is 0.453. The third-order valence-corrected chi connectivity index (χ3v) is 0.800. The van der Waals surface area contributed by atoms with Crippen molar-refractivity contribution in [3.8, 4) is 0 Å².